The van der Waals surface area contributed by atoms with Crippen molar-refractivity contribution in [1.82, 2.24) is 29.6 Å². The first-order valence-corrected chi connectivity index (χ1v) is 11.2. The molecule has 0 amide bonds. The fourth-order valence-electron chi connectivity index (χ4n) is 4.09. The molecular weight excluding hydrogens is 427 g/mol. The summed E-state index contributed by atoms with van der Waals surface area (Å²) < 4.78 is 21.0. The van der Waals surface area contributed by atoms with Gasteiger partial charge in [0.15, 0.2) is 11.0 Å². The average molecular weight is 447 g/mol. The number of fused-ring (bicyclic) bond motifs is 2. The lowest BCUT2D eigenvalue weighted by molar-refractivity contribution is 0.00286. The quantitative estimate of drug-likeness (QED) is 0.473. The minimum absolute atomic E-state index is 0.138. The standard InChI is InChI=1S/C23H19FN6OS/c24-18-3-1-15(2-4-18)17-13-19-21(26-14-17)32-23-27-20(16-5-7-25-8-6-16)28-30(23)22(19)29-9-11-31-12-10-29/h1-8,13-14,22H,9-12H2/t22-/m0/s1. The summed E-state index contributed by atoms with van der Waals surface area (Å²) in [5.41, 5.74) is 3.86. The SMILES string of the molecule is Fc1ccc(-c2cnc3c(c2)[C@@H](N2CCOCC2)n2nc(-c4ccncc4)nc2S3)cc1. The Labute approximate surface area is 188 Å². The normalized spacial score (nSPS) is 18.2. The minimum Gasteiger partial charge on any atom is -0.379 e. The van der Waals surface area contributed by atoms with Gasteiger partial charge in [0.2, 0.25) is 0 Å². The summed E-state index contributed by atoms with van der Waals surface area (Å²) in [6.07, 6.45) is 5.19. The average Bonchev–Trinajstić information content (AvgIpc) is 3.27. The van der Waals surface area contributed by atoms with Crippen LogP contribution in [-0.2, 0) is 4.74 Å². The van der Waals surface area contributed by atoms with E-state index in [1.54, 1.807) is 24.5 Å². The molecule has 0 unspecified atom stereocenters. The molecule has 1 fully saturated rings. The Balaban J connectivity index is 1.47. The highest BCUT2D eigenvalue weighted by atomic mass is 32.2. The highest BCUT2D eigenvalue weighted by Gasteiger charge is 2.35. The number of rotatable bonds is 3. The van der Waals surface area contributed by atoms with E-state index in [9.17, 15) is 4.39 Å². The second-order valence-corrected chi connectivity index (χ2v) is 8.60. The Bertz CT molecular complexity index is 1260. The zero-order chi connectivity index (χ0) is 21.5. The van der Waals surface area contributed by atoms with Gasteiger partial charge in [-0.3, -0.25) is 9.88 Å². The maximum atomic E-state index is 13.4. The molecule has 0 aliphatic carbocycles. The lowest BCUT2D eigenvalue weighted by Gasteiger charge is -2.37. The number of pyridine rings is 2. The first kappa shape index (κ1) is 19.5. The molecule has 3 aromatic heterocycles. The van der Waals surface area contributed by atoms with Gasteiger partial charge in [0.25, 0.3) is 0 Å². The Kier molecular flexibility index (Phi) is 4.94. The van der Waals surface area contributed by atoms with Crippen LogP contribution in [0.3, 0.4) is 0 Å². The van der Waals surface area contributed by atoms with Gasteiger partial charge in [0.05, 0.1) is 13.2 Å². The van der Waals surface area contributed by atoms with Gasteiger partial charge in [-0.2, -0.15) is 0 Å². The Morgan fingerprint density at radius 3 is 2.53 bits per heavy atom. The summed E-state index contributed by atoms with van der Waals surface area (Å²) >= 11 is 1.52. The molecule has 1 aromatic carbocycles. The van der Waals surface area contributed by atoms with Crippen LogP contribution in [0.15, 0.2) is 71.2 Å². The van der Waals surface area contributed by atoms with Crippen LogP contribution in [0, 0.1) is 5.82 Å². The summed E-state index contributed by atoms with van der Waals surface area (Å²) in [6.45, 7) is 2.93. The summed E-state index contributed by atoms with van der Waals surface area (Å²) in [7, 11) is 0. The Hall–Kier alpha value is -3.14. The van der Waals surface area contributed by atoms with Crippen molar-refractivity contribution in [2.24, 2.45) is 0 Å². The smallest absolute Gasteiger partial charge is 0.194 e. The number of hydrogen-bond donors (Lipinski definition) is 0. The predicted octanol–water partition coefficient (Wildman–Crippen LogP) is 3.88. The third-order valence-corrected chi connectivity index (χ3v) is 6.68. The molecule has 0 N–H and O–H groups in total. The highest BCUT2D eigenvalue weighted by Crippen LogP contribution is 2.43. The minimum atomic E-state index is -0.252. The van der Waals surface area contributed by atoms with Crippen LogP contribution in [0.25, 0.3) is 22.5 Å². The first-order valence-electron chi connectivity index (χ1n) is 10.4. The van der Waals surface area contributed by atoms with Gasteiger partial charge in [-0.15, -0.1) is 5.10 Å². The second-order valence-electron chi connectivity index (χ2n) is 7.65. The Morgan fingerprint density at radius 2 is 1.75 bits per heavy atom. The summed E-state index contributed by atoms with van der Waals surface area (Å²) in [5, 5.41) is 6.61. The van der Waals surface area contributed by atoms with Gasteiger partial charge in [0.1, 0.15) is 17.0 Å². The van der Waals surface area contributed by atoms with E-state index >= 15 is 0 Å². The van der Waals surface area contributed by atoms with Crippen molar-refractivity contribution < 1.29 is 9.13 Å². The van der Waals surface area contributed by atoms with E-state index in [0.29, 0.717) is 19.0 Å². The van der Waals surface area contributed by atoms with Crippen LogP contribution in [0.5, 0.6) is 0 Å². The van der Waals surface area contributed by atoms with Gasteiger partial charge >= 0.3 is 0 Å². The maximum Gasteiger partial charge on any atom is 0.194 e. The first-order chi connectivity index (χ1) is 15.8. The van der Waals surface area contributed by atoms with Crippen molar-refractivity contribution in [3.05, 3.63) is 72.4 Å². The van der Waals surface area contributed by atoms with E-state index in [1.807, 2.05) is 23.0 Å². The van der Waals surface area contributed by atoms with Gasteiger partial charge < -0.3 is 4.74 Å². The molecule has 9 heteroatoms. The van der Waals surface area contributed by atoms with E-state index in [4.69, 9.17) is 19.8 Å². The van der Waals surface area contributed by atoms with Crippen molar-refractivity contribution in [3.63, 3.8) is 0 Å². The number of ether oxygens (including phenoxy) is 1. The lowest BCUT2D eigenvalue weighted by atomic mass is 10.0. The van der Waals surface area contributed by atoms with Gasteiger partial charge in [-0.25, -0.2) is 19.0 Å². The van der Waals surface area contributed by atoms with Crippen molar-refractivity contribution in [3.8, 4) is 22.5 Å². The molecule has 1 atom stereocenters. The molecule has 0 radical (unpaired) electrons. The molecule has 32 heavy (non-hydrogen) atoms. The monoisotopic (exact) mass is 446 g/mol. The molecule has 0 spiro atoms. The molecule has 2 aliphatic heterocycles. The lowest BCUT2D eigenvalue weighted by Crippen LogP contribution is -2.43. The molecule has 5 heterocycles. The van der Waals surface area contributed by atoms with Gasteiger partial charge in [-0.1, -0.05) is 12.1 Å². The van der Waals surface area contributed by atoms with Crippen molar-refractivity contribution in [1.29, 1.82) is 0 Å². The van der Waals surface area contributed by atoms with Crippen molar-refractivity contribution in [2.45, 2.75) is 16.3 Å². The van der Waals surface area contributed by atoms with Crippen LogP contribution in [0.4, 0.5) is 4.39 Å². The van der Waals surface area contributed by atoms with Crippen LogP contribution in [0.1, 0.15) is 11.7 Å². The summed E-state index contributed by atoms with van der Waals surface area (Å²) in [5.74, 6) is 0.414. The van der Waals surface area contributed by atoms with Crippen LogP contribution in [0.2, 0.25) is 0 Å². The number of nitrogens with zero attached hydrogens (tertiary/aromatic N) is 6. The number of morpholine rings is 1. The molecule has 4 aromatic rings. The van der Waals surface area contributed by atoms with Crippen molar-refractivity contribution >= 4 is 11.8 Å². The number of benzene rings is 1. The third-order valence-electron chi connectivity index (χ3n) is 5.68. The number of halogens is 1. The fourth-order valence-corrected chi connectivity index (χ4v) is 5.02. The molecule has 7 nitrogen and oxygen atoms in total. The largest absolute Gasteiger partial charge is 0.379 e. The molecular formula is C23H19FN6OS. The maximum absolute atomic E-state index is 13.4. The molecule has 1 saturated heterocycles. The number of aromatic nitrogens is 5. The van der Waals surface area contributed by atoms with Gasteiger partial charge in [-0.05, 0) is 47.7 Å². The molecule has 0 bridgehead atoms. The zero-order valence-corrected chi connectivity index (χ0v) is 17.9. The predicted molar refractivity (Wildman–Crippen MR) is 118 cm³/mol. The molecule has 6 rings (SSSR count). The van der Waals surface area contributed by atoms with E-state index in [-0.39, 0.29) is 12.0 Å². The number of hydrogen-bond acceptors (Lipinski definition) is 7. The topological polar surface area (TPSA) is 69.0 Å². The zero-order valence-electron chi connectivity index (χ0n) is 17.1. The van der Waals surface area contributed by atoms with Crippen LogP contribution >= 0.6 is 11.8 Å². The third kappa shape index (κ3) is 3.48. The van der Waals surface area contributed by atoms with Crippen molar-refractivity contribution in [2.75, 3.05) is 26.3 Å². The summed E-state index contributed by atoms with van der Waals surface area (Å²) in [4.78, 5) is 16.0. The fraction of sp³-hybridized carbons (Fsp3) is 0.217. The molecule has 160 valence electrons. The summed E-state index contributed by atoms with van der Waals surface area (Å²) in [6, 6.07) is 12.5. The molecule has 0 saturated carbocycles. The second kappa shape index (κ2) is 8.09. The van der Waals surface area contributed by atoms with E-state index in [1.165, 1.54) is 23.9 Å². The van der Waals surface area contributed by atoms with Crippen LogP contribution in [-0.4, -0.2) is 55.9 Å². The molecule has 2 aliphatic rings. The van der Waals surface area contributed by atoms with Gasteiger partial charge in [0, 0.05) is 48.4 Å². The van der Waals surface area contributed by atoms with E-state index < -0.39 is 0 Å². The van der Waals surface area contributed by atoms with E-state index in [2.05, 4.69) is 16.0 Å². The highest BCUT2D eigenvalue weighted by molar-refractivity contribution is 7.99. The van der Waals surface area contributed by atoms with E-state index in [0.717, 1.165) is 45.5 Å². The Morgan fingerprint density at radius 1 is 0.969 bits per heavy atom. The van der Waals surface area contributed by atoms with Crippen LogP contribution < -0.4 is 0 Å².